The molecule has 2 aromatic heterocycles. The lowest BCUT2D eigenvalue weighted by Crippen LogP contribution is -2.03. The smallest absolute Gasteiger partial charge is 0.369 e. The van der Waals surface area contributed by atoms with Crippen LogP contribution in [0.1, 0.15) is 22.3 Å². The summed E-state index contributed by atoms with van der Waals surface area (Å²) in [6.07, 6.45) is 1.69. The van der Waals surface area contributed by atoms with Crippen molar-refractivity contribution < 1.29 is 9.53 Å². The fraction of sp³-hybridized carbons (Fsp3) is 0.273. The van der Waals surface area contributed by atoms with E-state index in [0.717, 1.165) is 11.3 Å². The minimum atomic E-state index is -0.440. The van der Waals surface area contributed by atoms with Crippen molar-refractivity contribution in [3.8, 4) is 10.7 Å². The molecule has 0 saturated carbocycles. The molecule has 0 aliphatic carbocycles. The second-order valence-corrected chi connectivity index (χ2v) is 4.28. The second kappa shape index (κ2) is 5.01. The molecular weight excluding hydrogens is 238 g/mol. The lowest BCUT2D eigenvalue weighted by molar-refractivity contribution is 0.0525. The van der Waals surface area contributed by atoms with Gasteiger partial charge in [-0.2, -0.15) is 0 Å². The Morgan fingerprint density at radius 2 is 2.29 bits per heavy atom. The molecule has 2 rings (SSSR count). The van der Waals surface area contributed by atoms with Gasteiger partial charge in [-0.3, -0.25) is 4.98 Å². The zero-order valence-corrected chi connectivity index (χ0v) is 10.3. The molecule has 0 fully saturated rings. The summed E-state index contributed by atoms with van der Waals surface area (Å²) in [4.78, 5) is 15.7. The molecule has 0 bridgehead atoms. The van der Waals surface area contributed by atoms with Crippen LogP contribution in [0, 0.1) is 6.92 Å². The number of carbonyl (C=O) groups excluding carboxylic acids is 1. The van der Waals surface area contributed by atoms with E-state index in [1.54, 1.807) is 13.1 Å². The minimum Gasteiger partial charge on any atom is -0.461 e. The van der Waals surface area contributed by atoms with Crippen LogP contribution >= 0.6 is 11.3 Å². The van der Waals surface area contributed by atoms with Crippen LogP contribution in [0.4, 0.5) is 0 Å². The van der Waals surface area contributed by atoms with Gasteiger partial charge in [0.2, 0.25) is 5.01 Å². The summed E-state index contributed by atoms with van der Waals surface area (Å²) in [5.41, 5.74) is 1.75. The highest BCUT2D eigenvalue weighted by molar-refractivity contribution is 7.16. The van der Waals surface area contributed by atoms with Crippen LogP contribution in [0.25, 0.3) is 10.7 Å². The number of nitrogens with zero attached hydrogens (tertiary/aromatic N) is 3. The molecule has 17 heavy (non-hydrogen) atoms. The van der Waals surface area contributed by atoms with Crippen molar-refractivity contribution in [3.63, 3.8) is 0 Å². The van der Waals surface area contributed by atoms with E-state index in [0.29, 0.717) is 11.6 Å². The molecule has 2 heterocycles. The van der Waals surface area contributed by atoms with Crippen molar-refractivity contribution in [2.24, 2.45) is 0 Å². The average Bonchev–Trinajstić information content (AvgIpc) is 2.79. The Morgan fingerprint density at radius 3 is 3.00 bits per heavy atom. The van der Waals surface area contributed by atoms with Crippen LogP contribution in [0.5, 0.6) is 0 Å². The molecule has 0 radical (unpaired) electrons. The molecule has 0 aliphatic rings. The number of rotatable bonds is 3. The van der Waals surface area contributed by atoms with Gasteiger partial charge in [-0.25, -0.2) is 4.79 Å². The van der Waals surface area contributed by atoms with Crippen LogP contribution in [0.3, 0.4) is 0 Å². The topological polar surface area (TPSA) is 65.0 Å². The highest BCUT2D eigenvalue weighted by Crippen LogP contribution is 2.24. The van der Waals surface area contributed by atoms with E-state index in [4.69, 9.17) is 4.74 Å². The number of aromatic nitrogens is 3. The van der Waals surface area contributed by atoms with Gasteiger partial charge in [0, 0.05) is 6.20 Å². The number of carbonyl (C=O) groups is 1. The first-order valence-corrected chi connectivity index (χ1v) is 5.96. The van der Waals surface area contributed by atoms with Gasteiger partial charge in [-0.1, -0.05) is 17.4 Å². The lowest BCUT2D eigenvalue weighted by atomic mass is 10.2. The Bertz CT molecular complexity index is 539. The van der Waals surface area contributed by atoms with Gasteiger partial charge in [-0.05, 0) is 25.5 Å². The van der Waals surface area contributed by atoms with Crippen molar-refractivity contribution >= 4 is 17.3 Å². The number of ether oxygens (including phenoxy) is 1. The van der Waals surface area contributed by atoms with E-state index in [-0.39, 0.29) is 5.01 Å². The Kier molecular flexibility index (Phi) is 3.43. The van der Waals surface area contributed by atoms with Gasteiger partial charge in [0.1, 0.15) is 5.69 Å². The lowest BCUT2D eigenvalue weighted by Gasteiger charge is -1.97. The Balaban J connectivity index is 2.30. The zero-order valence-electron chi connectivity index (χ0n) is 9.51. The fourth-order valence-corrected chi connectivity index (χ4v) is 2.10. The van der Waals surface area contributed by atoms with Crippen LogP contribution in [-0.2, 0) is 4.74 Å². The summed E-state index contributed by atoms with van der Waals surface area (Å²) in [7, 11) is 0. The maximum Gasteiger partial charge on any atom is 0.369 e. The standard InChI is InChI=1S/C11H11N3O2S/c1-3-16-11(15)10-14-13-9(17-10)8-7(2)5-4-6-12-8/h4-6H,3H2,1-2H3. The summed E-state index contributed by atoms with van der Waals surface area (Å²) >= 11 is 1.19. The van der Waals surface area contributed by atoms with Crippen LogP contribution in [0.15, 0.2) is 18.3 Å². The van der Waals surface area contributed by atoms with E-state index < -0.39 is 5.97 Å². The van der Waals surface area contributed by atoms with E-state index in [1.165, 1.54) is 11.3 Å². The van der Waals surface area contributed by atoms with E-state index in [2.05, 4.69) is 15.2 Å². The average molecular weight is 249 g/mol. The molecule has 0 N–H and O–H groups in total. The maximum absolute atomic E-state index is 11.4. The van der Waals surface area contributed by atoms with Gasteiger partial charge in [0.15, 0.2) is 5.01 Å². The monoisotopic (exact) mass is 249 g/mol. The zero-order chi connectivity index (χ0) is 12.3. The molecule has 0 atom stereocenters. The highest BCUT2D eigenvalue weighted by atomic mass is 32.1. The van der Waals surface area contributed by atoms with Crippen molar-refractivity contribution in [2.75, 3.05) is 6.61 Å². The molecular formula is C11H11N3O2S. The molecule has 0 aromatic carbocycles. The summed E-state index contributed by atoms with van der Waals surface area (Å²) in [6.45, 7) is 4.02. The highest BCUT2D eigenvalue weighted by Gasteiger charge is 2.16. The first-order chi connectivity index (χ1) is 8.22. The predicted octanol–water partition coefficient (Wildman–Crippen LogP) is 2.09. The normalized spacial score (nSPS) is 10.2. The number of hydrogen-bond donors (Lipinski definition) is 0. The van der Waals surface area contributed by atoms with Crippen molar-refractivity contribution in [3.05, 3.63) is 28.9 Å². The third kappa shape index (κ3) is 2.47. The van der Waals surface area contributed by atoms with Crippen molar-refractivity contribution in [1.82, 2.24) is 15.2 Å². The first kappa shape index (κ1) is 11.7. The molecule has 88 valence electrons. The third-order valence-corrected chi connectivity index (χ3v) is 3.00. The Labute approximate surface area is 102 Å². The summed E-state index contributed by atoms with van der Waals surface area (Å²) in [6, 6.07) is 3.79. The van der Waals surface area contributed by atoms with Gasteiger partial charge >= 0.3 is 5.97 Å². The van der Waals surface area contributed by atoms with Crippen molar-refractivity contribution in [1.29, 1.82) is 0 Å². The number of pyridine rings is 1. The Morgan fingerprint density at radius 1 is 1.47 bits per heavy atom. The minimum absolute atomic E-state index is 0.256. The third-order valence-electron chi connectivity index (χ3n) is 2.09. The van der Waals surface area contributed by atoms with E-state index in [1.807, 2.05) is 19.1 Å². The second-order valence-electron chi connectivity index (χ2n) is 3.30. The van der Waals surface area contributed by atoms with Crippen molar-refractivity contribution in [2.45, 2.75) is 13.8 Å². The van der Waals surface area contributed by atoms with Crippen LogP contribution < -0.4 is 0 Å². The summed E-state index contributed by atoms with van der Waals surface area (Å²) in [5.74, 6) is -0.440. The predicted molar refractivity (Wildman–Crippen MR) is 63.8 cm³/mol. The van der Waals surface area contributed by atoms with Gasteiger partial charge in [0.05, 0.1) is 6.61 Å². The van der Waals surface area contributed by atoms with E-state index >= 15 is 0 Å². The quantitative estimate of drug-likeness (QED) is 0.779. The first-order valence-electron chi connectivity index (χ1n) is 5.15. The molecule has 5 nitrogen and oxygen atoms in total. The number of esters is 1. The molecule has 6 heteroatoms. The summed E-state index contributed by atoms with van der Waals surface area (Å²) in [5, 5.41) is 8.65. The van der Waals surface area contributed by atoms with Gasteiger partial charge < -0.3 is 4.74 Å². The van der Waals surface area contributed by atoms with Crippen LogP contribution in [-0.4, -0.2) is 27.8 Å². The largest absolute Gasteiger partial charge is 0.461 e. The molecule has 0 aliphatic heterocycles. The van der Waals surface area contributed by atoms with Gasteiger partial charge in [-0.15, -0.1) is 10.2 Å². The molecule has 0 unspecified atom stereocenters. The molecule has 0 amide bonds. The molecule has 0 saturated heterocycles. The number of hydrogen-bond acceptors (Lipinski definition) is 6. The maximum atomic E-state index is 11.4. The Hall–Kier alpha value is -1.82. The molecule has 2 aromatic rings. The van der Waals surface area contributed by atoms with Gasteiger partial charge in [0.25, 0.3) is 0 Å². The summed E-state index contributed by atoms with van der Waals surface area (Å²) < 4.78 is 4.86. The van der Waals surface area contributed by atoms with Crippen LogP contribution in [0.2, 0.25) is 0 Å². The number of aryl methyl sites for hydroxylation is 1. The fourth-order valence-electron chi connectivity index (χ4n) is 1.30. The SMILES string of the molecule is CCOC(=O)c1nnc(-c2ncccc2C)s1. The molecule has 0 spiro atoms. The van der Waals surface area contributed by atoms with E-state index in [9.17, 15) is 4.79 Å².